The van der Waals surface area contributed by atoms with Gasteiger partial charge >= 0.3 is 0 Å². The normalized spacial score (nSPS) is 16.0. The Morgan fingerprint density at radius 1 is 1.26 bits per heavy atom. The van der Waals surface area contributed by atoms with Crippen LogP contribution < -0.4 is 5.32 Å². The molecule has 1 heterocycles. The van der Waals surface area contributed by atoms with Gasteiger partial charge in [0.15, 0.2) is 0 Å². The van der Waals surface area contributed by atoms with Gasteiger partial charge in [-0.15, -0.1) is 24.2 Å². The molecule has 1 fully saturated rings. The first-order valence-corrected chi connectivity index (χ1v) is 7.57. The molecule has 1 amide bonds. The van der Waals surface area contributed by atoms with E-state index in [2.05, 4.69) is 5.32 Å². The standard InChI is InChI=1S/C14H20N2OS.ClH/c1-15-12-7-9-16(10-8-12)14(17)11-3-5-13(18-2)6-4-11;/h3-6,12,15H,7-10H2,1-2H3;1H. The molecule has 0 aliphatic carbocycles. The molecule has 1 aromatic carbocycles. The van der Waals surface area contributed by atoms with Crippen LogP contribution >= 0.6 is 24.2 Å². The third-order valence-corrected chi connectivity index (χ3v) is 4.27. The molecule has 19 heavy (non-hydrogen) atoms. The number of hydrogen-bond acceptors (Lipinski definition) is 3. The molecule has 0 spiro atoms. The van der Waals surface area contributed by atoms with Crippen molar-refractivity contribution in [2.45, 2.75) is 23.8 Å². The van der Waals surface area contributed by atoms with Crippen molar-refractivity contribution >= 4 is 30.1 Å². The second-order valence-corrected chi connectivity index (χ2v) is 5.46. The van der Waals surface area contributed by atoms with Gasteiger partial charge in [0.2, 0.25) is 0 Å². The highest BCUT2D eigenvalue weighted by Crippen LogP contribution is 2.18. The first-order chi connectivity index (χ1) is 8.74. The number of carbonyl (C=O) groups is 1. The van der Waals surface area contributed by atoms with Gasteiger partial charge in [0.25, 0.3) is 5.91 Å². The molecule has 0 bridgehead atoms. The number of thioether (sulfide) groups is 1. The van der Waals surface area contributed by atoms with Gasteiger partial charge in [-0.25, -0.2) is 0 Å². The van der Waals surface area contributed by atoms with Crippen LogP contribution in [-0.2, 0) is 0 Å². The Kier molecular flexibility index (Phi) is 6.69. The van der Waals surface area contributed by atoms with Crippen LogP contribution in [-0.4, -0.2) is 43.2 Å². The van der Waals surface area contributed by atoms with E-state index in [1.807, 2.05) is 42.5 Å². The van der Waals surface area contributed by atoms with Gasteiger partial charge in [-0.1, -0.05) is 0 Å². The van der Waals surface area contributed by atoms with Crippen LogP contribution in [0, 0.1) is 0 Å². The summed E-state index contributed by atoms with van der Waals surface area (Å²) in [5, 5.41) is 3.28. The predicted molar refractivity (Wildman–Crippen MR) is 83.5 cm³/mol. The maximum absolute atomic E-state index is 12.3. The summed E-state index contributed by atoms with van der Waals surface area (Å²) < 4.78 is 0. The fourth-order valence-corrected chi connectivity index (χ4v) is 2.70. The third-order valence-electron chi connectivity index (χ3n) is 3.53. The zero-order valence-electron chi connectivity index (χ0n) is 11.4. The molecule has 0 unspecified atom stereocenters. The van der Waals surface area contributed by atoms with E-state index in [0.29, 0.717) is 6.04 Å². The fourth-order valence-electron chi connectivity index (χ4n) is 2.29. The van der Waals surface area contributed by atoms with Crippen molar-refractivity contribution in [2.24, 2.45) is 0 Å². The highest BCUT2D eigenvalue weighted by atomic mass is 35.5. The molecule has 0 atom stereocenters. The number of nitrogens with one attached hydrogen (secondary N) is 1. The molecule has 0 radical (unpaired) electrons. The number of carbonyl (C=O) groups excluding carboxylic acids is 1. The summed E-state index contributed by atoms with van der Waals surface area (Å²) in [6, 6.07) is 8.44. The van der Waals surface area contributed by atoms with Crippen LogP contribution in [0.5, 0.6) is 0 Å². The summed E-state index contributed by atoms with van der Waals surface area (Å²) in [6.07, 6.45) is 4.13. The van der Waals surface area contributed by atoms with E-state index in [9.17, 15) is 4.79 Å². The van der Waals surface area contributed by atoms with Crippen LogP contribution in [0.25, 0.3) is 0 Å². The molecule has 2 rings (SSSR count). The third kappa shape index (κ3) is 4.13. The van der Waals surface area contributed by atoms with Gasteiger partial charge in [-0.2, -0.15) is 0 Å². The highest BCUT2D eigenvalue weighted by molar-refractivity contribution is 7.98. The van der Waals surface area contributed by atoms with Crippen LogP contribution in [0.3, 0.4) is 0 Å². The quantitative estimate of drug-likeness (QED) is 0.871. The van der Waals surface area contributed by atoms with Gasteiger partial charge in [0.1, 0.15) is 0 Å². The molecule has 1 aliphatic heterocycles. The van der Waals surface area contributed by atoms with E-state index >= 15 is 0 Å². The molecule has 1 saturated heterocycles. The van der Waals surface area contributed by atoms with E-state index in [1.54, 1.807) is 11.8 Å². The van der Waals surface area contributed by atoms with Crippen molar-refractivity contribution in [3.8, 4) is 0 Å². The average molecular weight is 301 g/mol. The van der Waals surface area contributed by atoms with Crippen molar-refractivity contribution in [3.05, 3.63) is 29.8 Å². The van der Waals surface area contributed by atoms with Crippen molar-refractivity contribution in [2.75, 3.05) is 26.4 Å². The van der Waals surface area contributed by atoms with Gasteiger partial charge in [0, 0.05) is 29.6 Å². The smallest absolute Gasteiger partial charge is 0.253 e. The summed E-state index contributed by atoms with van der Waals surface area (Å²) in [5.74, 6) is 0.164. The lowest BCUT2D eigenvalue weighted by Crippen LogP contribution is -2.43. The fraction of sp³-hybridized carbons (Fsp3) is 0.500. The Balaban J connectivity index is 0.00000180. The van der Waals surface area contributed by atoms with Gasteiger partial charge in [-0.05, 0) is 50.4 Å². The molecule has 1 aliphatic rings. The second kappa shape index (κ2) is 7.78. The molecular formula is C14H21ClN2OS. The number of rotatable bonds is 3. The summed E-state index contributed by atoms with van der Waals surface area (Å²) in [7, 11) is 1.99. The SMILES string of the molecule is CNC1CCN(C(=O)c2ccc(SC)cc2)CC1.Cl. The summed E-state index contributed by atoms with van der Waals surface area (Å²) in [6.45, 7) is 1.71. The number of hydrogen-bond donors (Lipinski definition) is 1. The zero-order valence-corrected chi connectivity index (χ0v) is 13.0. The molecule has 0 saturated carbocycles. The Bertz CT molecular complexity index is 402. The maximum Gasteiger partial charge on any atom is 0.253 e. The van der Waals surface area contributed by atoms with E-state index in [-0.39, 0.29) is 18.3 Å². The maximum atomic E-state index is 12.3. The first-order valence-electron chi connectivity index (χ1n) is 6.35. The lowest BCUT2D eigenvalue weighted by molar-refractivity contribution is 0.0707. The Morgan fingerprint density at radius 3 is 2.32 bits per heavy atom. The van der Waals surface area contributed by atoms with Crippen molar-refractivity contribution < 1.29 is 4.79 Å². The topological polar surface area (TPSA) is 32.3 Å². The van der Waals surface area contributed by atoms with Crippen molar-refractivity contribution in [1.29, 1.82) is 0 Å². The summed E-state index contributed by atoms with van der Waals surface area (Å²) in [4.78, 5) is 15.4. The Labute approximate surface area is 125 Å². The molecule has 1 N–H and O–H groups in total. The van der Waals surface area contributed by atoms with Crippen LogP contribution in [0.2, 0.25) is 0 Å². The highest BCUT2D eigenvalue weighted by Gasteiger charge is 2.22. The van der Waals surface area contributed by atoms with E-state index in [4.69, 9.17) is 0 Å². The number of benzene rings is 1. The van der Waals surface area contributed by atoms with Gasteiger partial charge in [-0.3, -0.25) is 4.79 Å². The average Bonchev–Trinajstić information content (AvgIpc) is 2.47. The Hall–Kier alpha value is -0.710. The minimum atomic E-state index is 0. The Morgan fingerprint density at radius 2 is 1.84 bits per heavy atom. The minimum absolute atomic E-state index is 0. The number of nitrogens with zero attached hydrogens (tertiary/aromatic N) is 1. The predicted octanol–water partition coefficient (Wildman–Crippen LogP) is 2.65. The van der Waals surface area contributed by atoms with Gasteiger partial charge < -0.3 is 10.2 Å². The lowest BCUT2D eigenvalue weighted by atomic mass is 10.0. The number of amides is 1. The molecule has 0 aromatic heterocycles. The van der Waals surface area contributed by atoms with E-state index in [0.717, 1.165) is 31.5 Å². The van der Waals surface area contributed by atoms with Gasteiger partial charge in [0.05, 0.1) is 0 Å². The molecule has 5 heteroatoms. The first kappa shape index (κ1) is 16.3. The summed E-state index contributed by atoms with van der Waals surface area (Å²) in [5.41, 5.74) is 0.802. The molecular weight excluding hydrogens is 280 g/mol. The number of likely N-dealkylation sites (tertiary alicyclic amines) is 1. The zero-order chi connectivity index (χ0) is 13.0. The minimum Gasteiger partial charge on any atom is -0.339 e. The lowest BCUT2D eigenvalue weighted by Gasteiger charge is -2.31. The monoisotopic (exact) mass is 300 g/mol. The van der Waals surface area contributed by atoms with Crippen LogP contribution in [0.15, 0.2) is 29.2 Å². The van der Waals surface area contributed by atoms with E-state index < -0.39 is 0 Å². The molecule has 1 aromatic rings. The van der Waals surface area contributed by atoms with Crippen molar-refractivity contribution in [3.63, 3.8) is 0 Å². The summed E-state index contributed by atoms with van der Waals surface area (Å²) >= 11 is 1.69. The number of halogens is 1. The largest absolute Gasteiger partial charge is 0.339 e. The molecule has 3 nitrogen and oxygen atoms in total. The van der Waals surface area contributed by atoms with Crippen LogP contribution in [0.4, 0.5) is 0 Å². The van der Waals surface area contributed by atoms with Crippen LogP contribution in [0.1, 0.15) is 23.2 Å². The second-order valence-electron chi connectivity index (χ2n) is 4.58. The number of piperidine rings is 1. The van der Waals surface area contributed by atoms with Crippen molar-refractivity contribution in [1.82, 2.24) is 10.2 Å². The molecule has 106 valence electrons. The van der Waals surface area contributed by atoms with E-state index in [1.165, 1.54) is 4.90 Å².